The number of aliphatic hydroxyl groups is 1. The first-order valence-corrected chi connectivity index (χ1v) is 8.22. The molecule has 4 heteroatoms. The molecule has 0 fully saturated rings. The Kier molecular flexibility index (Phi) is 12.5. The van der Waals surface area contributed by atoms with E-state index in [2.05, 4.69) is 33.0 Å². The lowest BCUT2D eigenvalue weighted by Crippen LogP contribution is -2.47. The van der Waals surface area contributed by atoms with Crippen LogP contribution in [-0.4, -0.2) is 49.7 Å². The van der Waals surface area contributed by atoms with Crippen LogP contribution in [0.3, 0.4) is 0 Å². The third-order valence-corrected chi connectivity index (χ3v) is 4.07. The van der Waals surface area contributed by atoms with Crippen molar-refractivity contribution in [2.45, 2.75) is 71.4 Å². The quantitative estimate of drug-likeness (QED) is 0.483. The predicted molar refractivity (Wildman–Crippen MR) is 84.2 cm³/mol. The Morgan fingerprint density at radius 3 is 2.10 bits per heavy atom. The molecule has 122 valence electrons. The Labute approximate surface area is 125 Å². The van der Waals surface area contributed by atoms with Gasteiger partial charge < -0.3 is 19.9 Å². The van der Waals surface area contributed by atoms with Gasteiger partial charge in [0, 0.05) is 18.7 Å². The normalized spacial score (nSPS) is 13.7. The molecule has 0 aliphatic heterocycles. The summed E-state index contributed by atoms with van der Waals surface area (Å²) in [4.78, 5) is 0. The van der Waals surface area contributed by atoms with Gasteiger partial charge in [0.05, 0.1) is 25.9 Å². The predicted octanol–water partition coefficient (Wildman–Crippen LogP) is 2.74. The standard InChI is InChI=1S/C16H35NO3/c1-5-9-10-19-11-12-20-14-15(18)13-17-16(6-2,7-3)8-4/h15,17-18H,5-14H2,1-4H3. The molecule has 0 bridgehead atoms. The molecule has 0 radical (unpaired) electrons. The highest BCUT2D eigenvalue weighted by Gasteiger charge is 2.23. The van der Waals surface area contributed by atoms with Gasteiger partial charge in [0.2, 0.25) is 0 Å². The highest BCUT2D eigenvalue weighted by Crippen LogP contribution is 2.18. The summed E-state index contributed by atoms with van der Waals surface area (Å²) >= 11 is 0. The first kappa shape index (κ1) is 19.8. The fourth-order valence-electron chi connectivity index (χ4n) is 2.20. The summed E-state index contributed by atoms with van der Waals surface area (Å²) in [6, 6.07) is 0. The van der Waals surface area contributed by atoms with Gasteiger partial charge in [-0.25, -0.2) is 0 Å². The summed E-state index contributed by atoms with van der Waals surface area (Å²) < 4.78 is 10.8. The third-order valence-electron chi connectivity index (χ3n) is 4.07. The Morgan fingerprint density at radius 1 is 0.950 bits per heavy atom. The van der Waals surface area contributed by atoms with E-state index in [1.54, 1.807) is 0 Å². The second-order valence-corrected chi connectivity index (χ2v) is 5.42. The number of nitrogens with one attached hydrogen (secondary N) is 1. The molecule has 0 amide bonds. The number of unbranched alkanes of at least 4 members (excludes halogenated alkanes) is 1. The van der Waals surface area contributed by atoms with E-state index >= 15 is 0 Å². The molecule has 0 aliphatic rings. The molecule has 0 spiro atoms. The van der Waals surface area contributed by atoms with Gasteiger partial charge in [-0.15, -0.1) is 0 Å². The maximum Gasteiger partial charge on any atom is 0.0897 e. The van der Waals surface area contributed by atoms with E-state index in [0.717, 1.165) is 38.7 Å². The molecule has 0 aliphatic carbocycles. The molecule has 0 saturated carbocycles. The summed E-state index contributed by atoms with van der Waals surface area (Å²) in [5.74, 6) is 0. The second-order valence-electron chi connectivity index (χ2n) is 5.42. The molecule has 0 rings (SSSR count). The minimum atomic E-state index is -0.449. The number of hydrogen-bond acceptors (Lipinski definition) is 4. The fourth-order valence-corrected chi connectivity index (χ4v) is 2.20. The molecule has 4 nitrogen and oxygen atoms in total. The first-order valence-electron chi connectivity index (χ1n) is 8.22. The smallest absolute Gasteiger partial charge is 0.0897 e. The van der Waals surface area contributed by atoms with Gasteiger partial charge >= 0.3 is 0 Å². The molecular formula is C16H35NO3. The number of rotatable bonds is 14. The van der Waals surface area contributed by atoms with Crippen molar-refractivity contribution in [3.63, 3.8) is 0 Å². The monoisotopic (exact) mass is 289 g/mol. The average molecular weight is 289 g/mol. The lowest BCUT2D eigenvalue weighted by atomic mass is 9.90. The van der Waals surface area contributed by atoms with Gasteiger partial charge in [-0.3, -0.25) is 0 Å². The third kappa shape index (κ3) is 8.90. The topological polar surface area (TPSA) is 50.7 Å². The van der Waals surface area contributed by atoms with Crippen molar-refractivity contribution in [3.8, 4) is 0 Å². The molecule has 0 aromatic heterocycles. The van der Waals surface area contributed by atoms with E-state index in [9.17, 15) is 5.11 Å². The maximum absolute atomic E-state index is 9.91. The van der Waals surface area contributed by atoms with Crippen LogP contribution in [0.1, 0.15) is 59.8 Å². The van der Waals surface area contributed by atoms with E-state index in [1.165, 1.54) is 0 Å². The zero-order valence-corrected chi connectivity index (χ0v) is 13.9. The van der Waals surface area contributed by atoms with Crippen molar-refractivity contribution < 1.29 is 14.6 Å². The lowest BCUT2D eigenvalue weighted by Gasteiger charge is -2.33. The van der Waals surface area contributed by atoms with Crippen molar-refractivity contribution in [1.29, 1.82) is 0 Å². The molecule has 0 aromatic rings. The highest BCUT2D eigenvalue weighted by molar-refractivity contribution is 4.84. The second kappa shape index (κ2) is 12.6. The van der Waals surface area contributed by atoms with Gasteiger partial charge in [-0.05, 0) is 25.7 Å². The highest BCUT2D eigenvalue weighted by atomic mass is 16.5. The van der Waals surface area contributed by atoms with E-state index in [1.807, 2.05) is 0 Å². The summed E-state index contributed by atoms with van der Waals surface area (Å²) in [6.07, 6.45) is 5.05. The SMILES string of the molecule is CCCCOCCOCC(O)CNC(CC)(CC)CC. The summed E-state index contributed by atoms with van der Waals surface area (Å²) in [5.41, 5.74) is 0.157. The van der Waals surface area contributed by atoms with Crippen molar-refractivity contribution in [2.24, 2.45) is 0 Å². The Hall–Kier alpha value is -0.160. The van der Waals surface area contributed by atoms with Gasteiger partial charge in [0.15, 0.2) is 0 Å². The summed E-state index contributed by atoms with van der Waals surface area (Å²) in [7, 11) is 0. The van der Waals surface area contributed by atoms with Crippen LogP contribution in [0.4, 0.5) is 0 Å². The Balaban J connectivity index is 3.60. The molecule has 0 heterocycles. The average Bonchev–Trinajstić information content (AvgIpc) is 2.48. The van der Waals surface area contributed by atoms with Crippen LogP contribution in [0, 0.1) is 0 Å². The van der Waals surface area contributed by atoms with Gasteiger partial charge in [0.25, 0.3) is 0 Å². The van der Waals surface area contributed by atoms with Gasteiger partial charge in [-0.1, -0.05) is 34.1 Å². The molecule has 0 saturated heterocycles. The van der Waals surface area contributed by atoms with E-state index in [-0.39, 0.29) is 5.54 Å². The van der Waals surface area contributed by atoms with E-state index in [4.69, 9.17) is 9.47 Å². The number of hydrogen-bond donors (Lipinski definition) is 2. The summed E-state index contributed by atoms with van der Waals surface area (Å²) in [6.45, 7) is 11.7. The van der Waals surface area contributed by atoms with Crippen LogP contribution in [-0.2, 0) is 9.47 Å². The van der Waals surface area contributed by atoms with Crippen LogP contribution in [0.5, 0.6) is 0 Å². The minimum Gasteiger partial charge on any atom is -0.389 e. The maximum atomic E-state index is 9.91. The van der Waals surface area contributed by atoms with Gasteiger partial charge in [0.1, 0.15) is 0 Å². The van der Waals surface area contributed by atoms with Crippen molar-refractivity contribution in [2.75, 3.05) is 33.0 Å². The minimum absolute atomic E-state index is 0.157. The zero-order valence-electron chi connectivity index (χ0n) is 13.9. The molecule has 20 heavy (non-hydrogen) atoms. The summed E-state index contributed by atoms with van der Waals surface area (Å²) in [5, 5.41) is 13.4. The molecule has 1 atom stereocenters. The molecule has 0 aromatic carbocycles. The van der Waals surface area contributed by atoms with Crippen LogP contribution in [0.15, 0.2) is 0 Å². The lowest BCUT2D eigenvalue weighted by molar-refractivity contribution is 0.00123. The Bertz CT molecular complexity index is 200. The fraction of sp³-hybridized carbons (Fsp3) is 1.00. The van der Waals surface area contributed by atoms with Crippen molar-refractivity contribution >= 4 is 0 Å². The van der Waals surface area contributed by atoms with Crippen LogP contribution in [0.25, 0.3) is 0 Å². The number of aliphatic hydroxyl groups excluding tert-OH is 1. The Morgan fingerprint density at radius 2 is 1.55 bits per heavy atom. The van der Waals surface area contributed by atoms with Crippen LogP contribution in [0.2, 0.25) is 0 Å². The number of β-amino-alcohol motifs (C(OH)–C–C–N with tert-alkyl or cyclic N) is 1. The molecule has 1 unspecified atom stereocenters. The van der Waals surface area contributed by atoms with Crippen molar-refractivity contribution in [1.82, 2.24) is 5.32 Å². The van der Waals surface area contributed by atoms with E-state index < -0.39 is 6.10 Å². The van der Waals surface area contributed by atoms with Crippen LogP contribution < -0.4 is 5.32 Å². The zero-order chi connectivity index (χ0) is 15.3. The van der Waals surface area contributed by atoms with E-state index in [0.29, 0.717) is 26.4 Å². The van der Waals surface area contributed by atoms with Gasteiger partial charge in [-0.2, -0.15) is 0 Å². The largest absolute Gasteiger partial charge is 0.389 e. The first-order chi connectivity index (χ1) is 9.64. The molecule has 2 N–H and O–H groups in total. The molecular weight excluding hydrogens is 254 g/mol. The van der Waals surface area contributed by atoms with Crippen molar-refractivity contribution in [3.05, 3.63) is 0 Å². The van der Waals surface area contributed by atoms with Crippen LogP contribution >= 0.6 is 0 Å². The number of ether oxygens (including phenoxy) is 2.